The molecule has 158 valence electrons. The molecule has 0 bridgehead atoms. The van der Waals surface area contributed by atoms with Gasteiger partial charge in [0.15, 0.2) is 0 Å². The molecule has 1 aliphatic carbocycles. The number of hydrogen-bond acceptors (Lipinski definition) is 6. The third-order valence-electron chi connectivity index (χ3n) is 5.40. The molecule has 2 aromatic heterocycles. The largest absolute Gasteiger partial charge is 0.487 e. The van der Waals surface area contributed by atoms with Crippen molar-refractivity contribution >= 4 is 17.1 Å². The summed E-state index contributed by atoms with van der Waals surface area (Å²) >= 11 is 0. The number of aromatic nitrogens is 3. The topological polar surface area (TPSA) is 130 Å². The van der Waals surface area contributed by atoms with Gasteiger partial charge in [-0.3, -0.25) is 0 Å². The summed E-state index contributed by atoms with van der Waals surface area (Å²) in [4.78, 5) is 19.2. The zero-order chi connectivity index (χ0) is 21.4. The minimum absolute atomic E-state index is 0.157. The standard InChI is InChI=1S/C20H21FN4O5/c1-10-13-4-5-25(19(13)24-9-23-10)14-7-16(18(27)17(14)26)30-15-3-2-12(21)6-11(15)8-22-20(28)29/h2-6,9,14,16-18,22,26-27H,7-8H2,1H3,(H,28,29)/t14-,16+,17+,18-/m1/s1. The lowest BCUT2D eigenvalue weighted by Gasteiger charge is -2.20. The van der Waals surface area contributed by atoms with Gasteiger partial charge >= 0.3 is 6.09 Å². The molecule has 0 unspecified atom stereocenters. The number of amides is 1. The molecule has 1 amide bonds. The van der Waals surface area contributed by atoms with Crippen molar-refractivity contribution in [3.05, 3.63) is 53.9 Å². The Morgan fingerprint density at radius 1 is 1.30 bits per heavy atom. The van der Waals surface area contributed by atoms with Crippen LogP contribution in [0.5, 0.6) is 5.75 Å². The second-order valence-electron chi connectivity index (χ2n) is 7.27. The van der Waals surface area contributed by atoms with Crippen LogP contribution >= 0.6 is 0 Å². The Balaban J connectivity index is 1.58. The lowest BCUT2D eigenvalue weighted by atomic mass is 10.1. The van der Waals surface area contributed by atoms with Crippen LogP contribution in [0, 0.1) is 12.7 Å². The van der Waals surface area contributed by atoms with Crippen molar-refractivity contribution in [2.24, 2.45) is 0 Å². The molecule has 4 atom stereocenters. The van der Waals surface area contributed by atoms with Gasteiger partial charge in [-0.2, -0.15) is 0 Å². The van der Waals surface area contributed by atoms with Gasteiger partial charge in [-0.15, -0.1) is 0 Å². The summed E-state index contributed by atoms with van der Waals surface area (Å²) in [5.74, 6) is -0.305. The third-order valence-corrected chi connectivity index (χ3v) is 5.40. The molecule has 1 aliphatic rings. The molecule has 3 aromatic rings. The van der Waals surface area contributed by atoms with Crippen molar-refractivity contribution in [2.75, 3.05) is 0 Å². The van der Waals surface area contributed by atoms with Crippen molar-refractivity contribution in [3.8, 4) is 5.75 Å². The number of benzene rings is 1. The minimum atomic E-state index is -1.25. The van der Waals surface area contributed by atoms with Gasteiger partial charge in [-0.1, -0.05) is 0 Å². The van der Waals surface area contributed by atoms with Crippen LogP contribution < -0.4 is 10.1 Å². The van der Waals surface area contributed by atoms with Crippen molar-refractivity contribution in [1.82, 2.24) is 19.9 Å². The van der Waals surface area contributed by atoms with E-state index in [2.05, 4.69) is 15.3 Å². The number of carbonyl (C=O) groups is 1. The molecule has 0 radical (unpaired) electrons. The SMILES string of the molecule is Cc1ncnc2c1ccn2[C@@H]1C[C@H](Oc2ccc(F)cc2CNC(=O)O)[C@@H](O)[C@H]1O. The summed E-state index contributed by atoms with van der Waals surface area (Å²) in [6.45, 7) is 1.71. The average Bonchev–Trinajstić information content (AvgIpc) is 3.25. The summed E-state index contributed by atoms with van der Waals surface area (Å²) in [6.07, 6.45) is -0.825. The van der Waals surface area contributed by atoms with E-state index in [9.17, 15) is 19.4 Å². The number of nitrogens with zero attached hydrogens (tertiary/aromatic N) is 3. The Bertz CT molecular complexity index is 1090. The average molecular weight is 416 g/mol. The summed E-state index contributed by atoms with van der Waals surface area (Å²) < 4.78 is 21.3. The van der Waals surface area contributed by atoms with Crippen molar-refractivity contribution in [3.63, 3.8) is 0 Å². The number of halogens is 1. The fraction of sp³-hybridized carbons (Fsp3) is 0.350. The van der Waals surface area contributed by atoms with E-state index in [0.29, 0.717) is 5.65 Å². The van der Waals surface area contributed by atoms with Crippen LogP contribution in [0.3, 0.4) is 0 Å². The second kappa shape index (κ2) is 7.88. The number of hydrogen-bond donors (Lipinski definition) is 4. The lowest BCUT2D eigenvalue weighted by Crippen LogP contribution is -2.34. The highest BCUT2D eigenvalue weighted by atomic mass is 19.1. The van der Waals surface area contributed by atoms with Crippen molar-refractivity contribution < 1.29 is 29.2 Å². The molecule has 10 heteroatoms. The summed E-state index contributed by atoms with van der Waals surface area (Å²) in [5.41, 5.74) is 1.74. The van der Waals surface area contributed by atoms with E-state index in [1.165, 1.54) is 24.5 Å². The van der Waals surface area contributed by atoms with Gasteiger partial charge in [0, 0.05) is 30.1 Å². The molecular weight excluding hydrogens is 395 g/mol. The maximum atomic E-state index is 13.6. The molecule has 0 saturated heterocycles. The highest BCUT2D eigenvalue weighted by Gasteiger charge is 2.44. The number of fused-ring (bicyclic) bond motifs is 1. The Labute approximate surface area is 170 Å². The summed E-state index contributed by atoms with van der Waals surface area (Å²) in [5, 5.41) is 33.1. The van der Waals surface area contributed by atoms with E-state index in [0.717, 1.165) is 11.1 Å². The highest BCUT2D eigenvalue weighted by Crippen LogP contribution is 2.36. The maximum Gasteiger partial charge on any atom is 0.404 e. The normalized spacial score (nSPS) is 23.6. The van der Waals surface area contributed by atoms with Gasteiger partial charge < -0.3 is 29.9 Å². The lowest BCUT2D eigenvalue weighted by molar-refractivity contribution is -0.0166. The van der Waals surface area contributed by atoms with Crippen LogP contribution in [0.15, 0.2) is 36.8 Å². The summed E-state index contributed by atoms with van der Waals surface area (Å²) in [7, 11) is 0. The van der Waals surface area contributed by atoms with E-state index in [1.54, 1.807) is 10.8 Å². The van der Waals surface area contributed by atoms with Crippen LogP contribution in [0.2, 0.25) is 0 Å². The molecule has 1 saturated carbocycles. The molecule has 0 aliphatic heterocycles. The number of ether oxygens (including phenoxy) is 1. The van der Waals surface area contributed by atoms with Gasteiger partial charge in [0.2, 0.25) is 0 Å². The predicted octanol–water partition coefficient (Wildman–Crippen LogP) is 1.76. The molecule has 0 spiro atoms. The number of nitrogens with one attached hydrogen (secondary N) is 1. The van der Waals surface area contributed by atoms with Crippen molar-refractivity contribution in [1.29, 1.82) is 0 Å². The maximum absolute atomic E-state index is 13.6. The van der Waals surface area contributed by atoms with Crippen LogP contribution in [0.25, 0.3) is 11.0 Å². The van der Waals surface area contributed by atoms with E-state index in [4.69, 9.17) is 9.84 Å². The quantitative estimate of drug-likeness (QED) is 0.499. The second-order valence-corrected chi connectivity index (χ2v) is 7.27. The van der Waals surface area contributed by atoms with Crippen LogP contribution in [0.4, 0.5) is 9.18 Å². The zero-order valence-electron chi connectivity index (χ0n) is 16.1. The molecular formula is C20H21FN4O5. The van der Waals surface area contributed by atoms with E-state index in [1.807, 2.05) is 13.0 Å². The number of aryl methyl sites for hydroxylation is 1. The smallest absolute Gasteiger partial charge is 0.404 e. The first-order valence-electron chi connectivity index (χ1n) is 9.41. The first-order chi connectivity index (χ1) is 14.3. The Morgan fingerprint density at radius 3 is 2.87 bits per heavy atom. The minimum Gasteiger partial charge on any atom is -0.487 e. The molecule has 4 rings (SSSR count). The van der Waals surface area contributed by atoms with Crippen LogP contribution in [-0.2, 0) is 6.54 Å². The number of aliphatic hydroxyl groups is 2. The zero-order valence-corrected chi connectivity index (χ0v) is 16.1. The molecule has 1 fully saturated rings. The number of aliphatic hydroxyl groups excluding tert-OH is 2. The monoisotopic (exact) mass is 416 g/mol. The molecule has 9 nitrogen and oxygen atoms in total. The van der Waals surface area contributed by atoms with Crippen LogP contribution in [-0.4, -0.2) is 54.3 Å². The van der Waals surface area contributed by atoms with E-state index >= 15 is 0 Å². The van der Waals surface area contributed by atoms with Gasteiger partial charge in [0.05, 0.1) is 11.7 Å². The van der Waals surface area contributed by atoms with Crippen LogP contribution in [0.1, 0.15) is 23.7 Å². The fourth-order valence-corrected chi connectivity index (χ4v) is 3.86. The highest BCUT2D eigenvalue weighted by molar-refractivity contribution is 5.78. The van der Waals surface area contributed by atoms with E-state index < -0.39 is 36.3 Å². The number of carboxylic acid groups (broad SMARTS) is 1. The van der Waals surface area contributed by atoms with E-state index in [-0.39, 0.29) is 24.3 Å². The Kier molecular flexibility index (Phi) is 5.27. The van der Waals surface area contributed by atoms with Gasteiger partial charge in [0.1, 0.15) is 41.9 Å². The first-order valence-corrected chi connectivity index (χ1v) is 9.41. The summed E-state index contributed by atoms with van der Waals surface area (Å²) in [6, 6.07) is 5.10. The number of rotatable bonds is 5. The molecule has 1 aromatic carbocycles. The molecule has 30 heavy (non-hydrogen) atoms. The Hall–Kier alpha value is -3.24. The first kappa shape index (κ1) is 20.0. The predicted molar refractivity (Wildman–Crippen MR) is 104 cm³/mol. The Morgan fingerprint density at radius 2 is 2.10 bits per heavy atom. The van der Waals surface area contributed by atoms with Gasteiger partial charge in [-0.05, 0) is 31.2 Å². The molecule has 2 heterocycles. The third kappa shape index (κ3) is 3.66. The van der Waals surface area contributed by atoms with Gasteiger partial charge in [-0.25, -0.2) is 19.2 Å². The van der Waals surface area contributed by atoms with Crippen molar-refractivity contribution in [2.45, 2.75) is 44.2 Å². The fourth-order valence-electron chi connectivity index (χ4n) is 3.86. The van der Waals surface area contributed by atoms with Gasteiger partial charge in [0.25, 0.3) is 0 Å². The molecule has 4 N–H and O–H groups in total.